The first-order chi connectivity index (χ1) is 16.5. The lowest BCUT2D eigenvalue weighted by molar-refractivity contribution is 0.0600. The van der Waals surface area contributed by atoms with Crippen molar-refractivity contribution in [2.24, 2.45) is 0 Å². The molecule has 0 aliphatic rings. The number of esters is 1. The minimum atomic E-state index is -0.353. The summed E-state index contributed by atoms with van der Waals surface area (Å²) in [4.78, 5) is 27.9. The summed E-state index contributed by atoms with van der Waals surface area (Å²) in [5, 5.41) is 13.1. The van der Waals surface area contributed by atoms with Gasteiger partial charge in [-0.2, -0.15) is 0 Å². The van der Waals surface area contributed by atoms with Crippen LogP contribution >= 0.6 is 11.3 Å². The highest BCUT2D eigenvalue weighted by Crippen LogP contribution is 2.41. The Labute approximate surface area is 201 Å². The normalized spacial score (nSPS) is 10.6. The maximum atomic E-state index is 11.9. The van der Waals surface area contributed by atoms with E-state index in [0.717, 1.165) is 16.7 Å². The number of hydrogen-bond acceptors (Lipinski definition) is 7. The van der Waals surface area contributed by atoms with Gasteiger partial charge in [-0.3, -0.25) is 4.79 Å². The van der Waals surface area contributed by atoms with Gasteiger partial charge in [0.1, 0.15) is 23.1 Å². The van der Waals surface area contributed by atoms with E-state index in [9.17, 15) is 14.7 Å². The smallest absolute Gasteiger partial charge is 0.337 e. The summed E-state index contributed by atoms with van der Waals surface area (Å²) in [6, 6.07) is 18.6. The van der Waals surface area contributed by atoms with Gasteiger partial charge in [-0.1, -0.05) is 36.4 Å². The molecule has 0 saturated carbocycles. The maximum Gasteiger partial charge on any atom is 0.337 e. The van der Waals surface area contributed by atoms with E-state index in [0.29, 0.717) is 28.3 Å². The fraction of sp³-hybridized carbons (Fsp3) is 0.148. The van der Waals surface area contributed by atoms with Gasteiger partial charge in [0, 0.05) is 11.6 Å². The van der Waals surface area contributed by atoms with Crippen LogP contribution in [0.25, 0.3) is 10.6 Å². The molecule has 1 N–H and O–H groups in total. The second-order valence-corrected chi connectivity index (χ2v) is 8.60. The van der Waals surface area contributed by atoms with Gasteiger partial charge in [-0.05, 0) is 54.3 Å². The number of ether oxygens (including phenoxy) is 2. The maximum absolute atomic E-state index is 11.9. The molecule has 0 saturated heterocycles. The molecule has 34 heavy (non-hydrogen) atoms. The summed E-state index contributed by atoms with van der Waals surface area (Å²) in [6.07, 6.45) is 2.32. The molecule has 0 bridgehead atoms. The van der Waals surface area contributed by atoms with Gasteiger partial charge in [0.15, 0.2) is 5.78 Å². The highest BCUT2D eigenvalue weighted by molar-refractivity contribution is 7.13. The molecule has 4 aromatic rings. The monoisotopic (exact) mass is 473 g/mol. The summed E-state index contributed by atoms with van der Waals surface area (Å²) >= 11 is 1.36. The van der Waals surface area contributed by atoms with Gasteiger partial charge in [0.05, 0.1) is 23.8 Å². The first-order valence-corrected chi connectivity index (χ1v) is 11.5. The molecule has 1 heterocycles. The number of ketones is 1. The van der Waals surface area contributed by atoms with Crippen molar-refractivity contribution in [3.63, 3.8) is 0 Å². The van der Waals surface area contributed by atoms with Gasteiger partial charge in [-0.25, -0.2) is 9.78 Å². The van der Waals surface area contributed by atoms with Gasteiger partial charge in [0.2, 0.25) is 0 Å². The molecule has 0 radical (unpaired) electrons. The zero-order valence-electron chi connectivity index (χ0n) is 18.8. The van der Waals surface area contributed by atoms with Crippen LogP contribution in [-0.2, 0) is 17.8 Å². The van der Waals surface area contributed by atoms with Crippen LogP contribution in [0.5, 0.6) is 11.5 Å². The number of carbonyl (C=O) groups excluding carboxylic acids is 2. The number of rotatable bonds is 8. The fourth-order valence-electron chi connectivity index (χ4n) is 3.61. The van der Waals surface area contributed by atoms with Gasteiger partial charge < -0.3 is 14.6 Å². The Kier molecular flexibility index (Phi) is 7.04. The molecule has 0 atom stereocenters. The number of carbonyl (C=O) groups is 2. The van der Waals surface area contributed by atoms with Crippen LogP contribution in [-0.4, -0.2) is 29.0 Å². The number of nitrogens with zero attached hydrogens (tertiary/aromatic N) is 1. The molecule has 7 heteroatoms. The summed E-state index contributed by atoms with van der Waals surface area (Å²) in [5.74, 6) is -0.242. The molecule has 0 amide bonds. The third-order valence-electron chi connectivity index (χ3n) is 5.34. The Bertz CT molecular complexity index is 1310. The second-order valence-electron chi connectivity index (χ2n) is 7.70. The van der Waals surface area contributed by atoms with Crippen molar-refractivity contribution in [2.75, 3.05) is 7.11 Å². The van der Waals surface area contributed by atoms with Crippen molar-refractivity contribution >= 4 is 23.1 Å². The molecule has 0 spiro atoms. The summed E-state index contributed by atoms with van der Waals surface area (Å²) < 4.78 is 10.8. The van der Waals surface area contributed by atoms with Crippen molar-refractivity contribution in [1.82, 2.24) is 4.98 Å². The summed E-state index contributed by atoms with van der Waals surface area (Å²) in [6.45, 7) is 1.70. The molecule has 0 aliphatic heterocycles. The van der Waals surface area contributed by atoms with Crippen molar-refractivity contribution in [3.8, 4) is 22.1 Å². The predicted octanol–water partition coefficient (Wildman–Crippen LogP) is 5.67. The lowest BCUT2D eigenvalue weighted by Gasteiger charge is -2.14. The number of hydrogen-bond donors (Lipinski definition) is 1. The summed E-state index contributed by atoms with van der Waals surface area (Å²) in [7, 11) is 1.37. The number of benzene rings is 3. The van der Waals surface area contributed by atoms with E-state index in [1.807, 2.05) is 42.5 Å². The average molecular weight is 474 g/mol. The Morgan fingerprint density at radius 1 is 1.00 bits per heavy atom. The van der Waals surface area contributed by atoms with E-state index < -0.39 is 0 Å². The highest BCUT2D eigenvalue weighted by Gasteiger charge is 2.20. The lowest BCUT2D eigenvalue weighted by Crippen LogP contribution is -2.02. The predicted molar refractivity (Wildman–Crippen MR) is 131 cm³/mol. The van der Waals surface area contributed by atoms with Crippen LogP contribution in [0, 0.1) is 0 Å². The lowest BCUT2D eigenvalue weighted by atomic mass is 10.0. The Morgan fingerprint density at radius 3 is 2.44 bits per heavy atom. The minimum Gasteiger partial charge on any atom is -0.506 e. The van der Waals surface area contributed by atoms with Crippen molar-refractivity contribution in [1.29, 1.82) is 0 Å². The van der Waals surface area contributed by atoms with Crippen LogP contribution in [0.15, 0.2) is 72.2 Å². The van der Waals surface area contributed by atoms with E-state index in [2.05, 4.69) is 4.98 Å². The SMILES string of the molecule is COC(=O)c1cccc(Cc2ccc(COc3ccc(C(C)=O)c(O)c3-c3nccs3)cc2)c1. The minimum absolute atomic E-state index is 0.121. The number of phenols is 1. The molecule has 0 unspecified atom stereocenters. The van der Waals surface area contributed by atoms with Crippen LogP contribution in [0.4, 0.5) is 0 Å². The van der Waals surface area contributed by atoms with E-state index in [4.69, 9.17) is 9.47 Å². The largest absolute Gasteiger partial charge is 0.506 e. The molecular weight excluding hydrogens is 450 g/mol. The number of Topliss-reactive ketones (excluding diaryl/α,β-unsaturated/α-hetero) is 1. The van der Waals surface area contributed by atoms with Crippen molar-refractivity contribution < 1.29 is 24.2 Å². The molecule has 4 rings (SSSR count). The topological polar surface area (TPSA) is 85.7 Å². The zero-order valence-corrected chi connectivity index (χ0v) is 19.6. The van der Waals surface area contributed by atoms with Crippen LogP contribution in [0.1, 0.15) is 44.3 Å². The fourth-order valence-corrected chi connectivity index (χ4v) is 4.29. The third kappa shape index (κ3) is 5.15. The second kappa shape index (κ2) is 10.3. The van der Waals surface area contributed by atoms with Crippen LogP contribution in [0.3, 0.4) is 0 Å². The standard InChI is InChI=1S/C27H23NO5S/c1-17(29)22-10-11-23(24(25(22)30)26-28-12-13-34-26)33-16-19-8-6-18(7-9-19)14-20-4-3-5-21(15-20)27(31)32-2/h3-13,15,30H,14,16H2,1-2H3. The van der Waals surface area contributed by atoms with E-state index in [1.54, 1.807) is 29.8 Å². The quantitative estimate of drug-likeness (QED) is 0.262. The van der Waals surface area contributed by atoms with Crippen LogP contribution < -0.4 is 4.74 Å². The highest BCUT2D eigenvalue weighted by atomic mass is 32.1. The van der Waals surface area contributed by atoms with E-state index >= 15 is 0 Å². The van der Waals surface area contributed by atoms with Gasteiger partial charge in [0.25, 0.3) is 0 Å². The van der Waals surface area contributed by atoms with Gasteiger partial charge in [-0.15, -0.1) is 11.3 Å². The molecule has 6 nitrogen and oxygen atoms in total. The first kappa shape index (κ1) is 23.2. The summed E-state index contributed by atoms with van der Waals surface area (Å²) in [5.41, 5.74) is 4.24. The van der Waals surface area contributed by atoms with E-state index in [-0.39, 0.29) is 29.7 Å². The molecular formula is C27H23NO5S. The third-order valence-corrected chi connectivity index (χ3v) is 6.13. The Balaban J connectivity index is 1.49. The Morgan fingerprint density at radius 2 is 1.76 bits per heavy atom. The Hall–Kier alpha value is -3.97. The molecule has 1 aromatic heterocycles. The van der Waals surface area contributed by atoms with Crippen LogP contribution in [0.2, 0.25) is 0 Å². The van der Waals surface area contributed by atoms with E-state index in [1.165, 1.54) is 25.4 Å². The first-order valence-electron chi connectivity index (χ1n) is 10.6. The number of aromatic nitrogens is 1. The molecule has 3 aromatic carbocycles. The average Bonchev–Trinajstić information content (AvgIpc) is 3.37. The molecule has 0 fully saturated rings. The molecule has 172 valence electrons. The van der Waals surface area contributed by atoms with Crippen molar-refractivity contribution in [3.05, 3.63) is 100 Å². The number of methoxy groups -OCH3 is 1. The van der Waals surface area contributed by atoms with Gasteiger partial charge >= 0.3 is 5.97 Å². The number of phenolic OH excluding ortho intramolecular Hbond substituents is 1. The van der Waals surface area contributed by atoms with Crippen molar-refractivity contribution in [2.45, 2.75) is 20.0 Å². The number of thiazole rings is 1. The molecule has 0 aliphatic carbocycles. The zero-order chi connectivity index (χ0) is 24.1. The number of aromatic hydroxyl groups is 1.